The van der Waals surface area contributed by atoms with Gasteiger partial charge in [0.1, 0.15) is 5.82 Å². The van der Waals surface area contributed by atoms with Gasteiger partial charge in [-0.15, -0.1) is 0 Å². The van der Waals surface area contributed by atoms with E-state index in [0.717, 1.165) is 17.5 Å². The maximum absolute atomic E-state index is 12.9. The van der Waals surface area contributed by atoms with E-state index in [1.165, 1.54) is 22.8 Å². The lowest BCUT2D eigenvalue weighted by atomic mass is 10.1. The zero-order chi connectivity index (χ0) is 15.9. The molecule has 1 heterocycles. The van der Waals surface area contributed by atoms with Gasteiger partial charge in [-0.2, -0.15) is 0 Å². The van der Waals surface area contributed by atoms with Crippen LogP contribution in [0.2, 0.25) is 0 Å². The van der Waals surface area contributed by atoms with Crippen molar-refractivity contribution in [2.75, 3.05) is 5.32 Å². The highest BCUT2D eigenvalue weighted by atomic mass is 19.1. The zero-order valence-corrected chi connectivity index (χ0v) is 12.5. The molecule has 1 saturated carbocycles. The van der Waals surface area contributed by atoms with E-state index in [1.807, 2.05) is 0 Å². The number of aromatic nitrogens is 1. The van der Waals surface area contributed by atoms with E-state index in [-0.39, 0.29) is 29.1 Å². The summed E-state index contributed by atoms with van der Waals surface area (Å²) in [5.41, 5.74) is 2.28. The van der Waals surface area contributed by atoms with Crippen LogP contribution in [0.5, 0.6) is 0 Å². The Labute approximate surface area is 127 Å². The number of nitrogens with one attached hydrogen (secondary N) is 1. The fourth-order valence-electron chi connectivity index (χ4n) is 2.64. The van der Waals surface area contributed by atoms with E-state index in [4.69, 9.17) is 0 Å². The summed E-state index contributed by atoms with van der Waals surface area (Å²) >= 11 is 0. The molecule has 0 aliphatic heterocycles. The summed E-state index contributed by atoms with van der Waals surface area (Å²) in [5.74, 6) is -0.280. The largest absolute Gasteiger partial charge is 0.324 e. The molecule has 22 heavy (non-hydrogen) atoms. The van der Waals surface area contributed by atoms with Gasteiger partial charge in [-0.25, -0.2) is 4.39 Å². The van der Waals surface area contributed by atoms with Gasteiger partial charge in [0.15, 0.2) is 0 Å². The van der Waals surface area contributed by atoms with Crippen LogP contribution in [-0.2, 0) is 11.8 Å². The molecule has 114 valence electrons. The first-order chi connectivity index (χ1) is 10.5. The molecule has 1 aliphatic carbocycles. The molecule has 2 aromatic rings. The van der Waals surface area contributed by atoms with E-state index in [0.29, 0.717) is 5.69 Å². The topological polar surface area (TPSA) is 51.1 Å². The van der Waals surface area contributed by atoms with Crippen LogP contribution in [-0.4, -0.2) is 10.5 Å². The molecule has 0 bridgehead atoms. The first kappa shape index (κ1) is 14.5. The molecule has 0 unspecified atom stereocenters. The van der Waals surface area contributed by atoms with Crippen molar-refractivity contribution >= 4 is 11.6 Å². The van der Waals surface area contributed by atoms with E-state index in [9.17, 15) is 14.0 Å². The average molecular weight is 300 g/mol. The van der Waals surface area contributed by atoms with Crippen molar-refractivity contribution in [2.45, 2.75) is 19.3 Å². The predicted octanol–water partition coefficient (Wildman–Crippen LogP) is 2.58. The number of halogens is 1. The van der Waals surface area contributed by atoms with Gasteiger partial charge in [0.2, 0.25) is 5.91 Å². The number of carbonyl (C=O) groups is 1. The number of benzene rings is 1. The Morgan fingerprint density at radius 2 is 2.00 bits per heavy atom. The first-order valence-electron chi connectivity index (χ1n) is 7.19. The standard InChI is InChI=1S/C17H17FN2O2/c1-10-7-16(21)20(2)9-15(10)19-17(22)14-8-13(14)11-3-5-12(18)6-4-11/h3-7,9,13-14H,8H2,1-2H3,(H,19,22)/t13-,14+/m0/s1. The number of hydrogen-bond donors (Lipinski definition) is 1. The van der Waals surface area contributed by atoms with Crippen molar-refractivity contribution < 1.29 is 9.18 Å². The Morgan fingerprint density at radius 1 is 1.32 bits per heavy atom. The van der Waals surface area contributed by atoms with E-state index < -0.39 is 0 Å². The number of anilines is 1. The maximum atomic E-state index is 12.9. The normalized spacial score (nSPS) is 19.8. The van der Waals surface area contributed by atoms with Crippen LogP contribution in [0.15, 0.2) is 41.3 Å². The fraction of sp³-hybridized carbons (Fsp3) is 0.294. The number of nitrogens with zero attached hydrogens (tertiary/aromatic N) is 1. The summed E-state index contributed by atoms with van der Waals surface area (Å²) in [6, 6.07) is 7.79. The number of hydrogen-bond acceptors (Lipinski definition) is 2. The Bertz CT molecular complexity index is 780. The molecule has 1 aromatic heterocycles. The average Bonchev–Trinajstić information content (AvgIpc) is 3.26. The van der Waals surface area contributed by atoms with Crippen LogP contribution in [0, 0.1) is 18.7 Å². The van der Waals surface area contributed by atoms with Crippen molar-refractivity contribution in [3.63, 3.8) is 0 Å². The van der Waals surface area contributed by atoms with Crippen LogP contribution in [0.1, 0.15) is 23.5 Å². The predicted molar refractivity (Wildman–Crippen MR) is 82.3 cm³/mol. The molecule has 2 atom stereocenters. The molecule has 1 aromatic carbocycles. The second kappa shape index (κ2) is 5.40. The summed E-state index contributed by atoms with van der Waals surface area (Å²) in [5, 5.41) is 2.88. The molecular weight excluding hydrogens is 283 g/mol. The van der Waals surface area contributed by atoms with Crippen LogP contribution in [0.3, 0.4) is 0 Å². The number of carbonyl (C=O) groups excluding carboxylic acids is 1. The van der Waals surface area contributed by atoms with Gasteiger partial charge in [-0.05, 0) is 42.5 Å². The summed E-state index contributed by atoms with van der Waals surface area (Å²) in [6.45, 7) is 1.79. The van der Waals surface area contributed by atoms with Crippen LogP contribution >= 0.6 is 0 Å². The molecule has 0 saturated heterocycles. The highest BCUT2D eigenvalue weighted by Gasteiger charge is 2.44. The third kappa shape index (κ3) is 2.79. The van der Waals surface area contributed by atoms with Crippen molar-refractivity contribution in [1.29, 1.82) is 0 Å². The minimum atomic E-state index is -0.272. The molecule has 1 aliphatic rings. The van der Waals surface area contributed by atoms with Crippen molar-refractivity contribution in [2.24, 2.45) is 13.0 Å². The van der Waals surface area contributed by atoms with Crippen LogP contribution < -0.4 is 10.9 Å². The molecule has 1 amide bonds. The maximum Gasteiger partial charge on any atom is 0.250 e. The zero-order valence-electron chi connectivity index (χ0n) is 12.5. The molecule has 1 N–H and O–H groups in total. The van der Waals surface area contributed by atoms with E-state index in [2.05, 4.69) is 5.32 Å². The van der Waals surface area contributed by atoms with Gasteiger partial charge in [-0.3, -0.25) is 9.59 Å². The first-order valence-corrected chi connectivity index (χ1v) is 7.19. The van der Waals surface area contributed by atoms with Gasteiger partial charge in [0.05, 0.1) is 5.69 Å². The van der Waals surface area contributed by atoms with Gasteiger partial charge >= 0.3 is 0 Å². The fourth-order valence-corrected chi connectivity index (χ4v) is 2.64. The lowest BCUT2D eigenvalue weighted by molar-refractivity contribution is -0.117. The number of amides is 1. The van der Waals surface area contributed by atoms with Gasteiger partial charge in [0.25, 0.3) is 5.56 Å². The van der Waals surface area contributed by atoms with Crippen molar-refractivity contribution in [3.8, 4) is 0 Å². The minimum Gasteiger partial charge on any atom is -0.324 e. The number of pyridine rings is 1. The number of rotatable bonds is 3. The number of aryl methyl sites for hydroxylation is 2. The minimum absolute atomic E-state index is 0.0592. The Hall–Kier alpha value is -2.43. The van der Waals surface area contributed by atoms with Crippen molar-refractivity contribution in [1.82, 2.24) is 4.57 Å². The highest BCUT2D eigenvalue weighted by molar-refractivity contribution is 5.95. The molecule has 1 fully saturated rings. The quantitative estimate of drug-likeness (QED) is 0.947. The molecule has 0 spiro atoms. The molecular formula is C17H17FN2O2. The third-order valence-electron chi connectivity index (χ3n) is 4.12. The van der Waals surface area contributed by atoms with Crippen LogP contribution in [0.25, 0.3) is 0 Å². The van der Waals surface area contributed by atoms with E-state index >= 15 is 0 Å². The molecule has 0 radical (unpaired) electrons. The van der Waals surface area contributed by atoms with Crippen molar-refractivity contribution in [3.05, 3.63) is 63.8 Å². The molecule has 3 rings (SSSR count). The second-order valence-corrected chi connectivity index (χ2v) is 5.81. The third-order valence-corrected chi connectivity index (χ3v) is 4.12. The second-order valence-electron chi connectivity index (χ2n) is 5.81. The lowest BCUT2D eigenvalue weighted by Gasteiger charge is -2.09. The SMILES string of the molecule is Cc1cc(=O)n(C)cc1NC(=O)[C@@H]1C[C@H]1c1ccc(F)cc1. The Kier molecular flexibility index (Phi) is 3.56. The molecule has 4 nitrogen and oxygen atoms in total. The monoisotopic (exact) mass is 300 g/mol. The van der Waals surface area contributed by atoms with Crippen LogP contribution in [0.4, 0.5) is 10.1 Å². The summed E-state index contributed by atoms with van der Waals surface area (Å²) in [7, 11) is 1.65. The Morgan fingerprint density at radius 3 is 2.68 bits per heavy atom. The van der Waals surface area contributed by atoms with E-state index in [1.54, 1.807) is 32.3 Å². The lowest BCUT2D eigenvalue weighted by Crippen LogP contribution is -2.20. The van der Waals surface area contributed by atoms with Gasteiger partial charge in [-0.1, -0.05) is 12.1 Å². The smallest absolute Gasteiger partial charge is 0.250 e. The van der Waals surface area contributed by atoms with Gasteiger partial charge in [0, 0.05) is 25.2 Å². The summed E-state index contributed by atoms with van der Waals surface area (Å²) < 4.78 is 14.4. The molecule has 5 heteroatoms. The summed E-state index contributed by atoms with van der Waals surface area (Å²) in [4.78, 5) is 23.8. The Balaban J connectivity index is 1.70. The highest BCUT2D eigenvalue weighted by Crippen LogP contribution is 2.48. The summed E-state index contributed by atoms with van der Waals surface area (Å²) in [6.07, 6.45) is 2.40. The van der Waals surface area contributed by atoms with Gasteiger partial charge < -0.3 is 9.88 Å².